The number of ether oxygens (including phenoxy) is 1. The van der Waals surface area contributed by atoms with Gasteiger partial charge >= 0.3 is 0 Å². The van der Waals surface area contributed by atoms with Gasteiger partial charge in [-0.05, 0) is 48.8 Å². The molecule has 172 valence electrons. The lowest BCUT2D eigenvalue weighted by molar-refractivity contribution is -0.134. The molecule has 1 fully saturated rings. The Morgan fingerprint density at radius 1 is 1.06 bits per heavy atom. The van der Waals surface area contributed by atoms with Gasteiger partial charge in [0.1, 0.15) is 5.75 Å². The molecular formula is C27H36N2O3. The molecule has 2 aromatic carbocycles. The molecular weight excluding hydrogens is 400 g/mol. The molecule has 0 aliphatic carbocycles. The normalized spacial score (nSPS) is 14.8. The zero-order valence-corrected chi connectivity index (χ0v) is 19.8. The monoisotopic (exact) mass is 436 g/mol. The summed E-state index contributed by atoms with van der Waals surface area (Å²) in [7, 11) is 0. The lowest BCUT2D eigenvalue weighted by Crippen LogP contribution is -2.47. The lowest BCUT2D eigenvalue weighted by Gasteiger charge is -2.32. The van der Waals surface area contributed by atoms with Crippen LogP contribution in [0.25, 0.3) is 0 Å². The molecule has 3 rings (SSSR count). The Hall–Kier alpha value is -2.82. The average molecular weight is 437 g/mol. The van der Waals surface area contributed by atoms with E-state index in [0.717, 1.165) is 30.6 Å². The van der Waals surface area contributed by atoms with Crippen molar-refractivity contribution in [1.29, 1.82) is 0 Å². The third kappa shape index (κ3) is 6.84. The van der Waals surface area contributed by atoms with Crippen molar-refractivity contribution in [1.82, 2.24) is 10.2 Å². The highest BCUT2D eigenvalue weighted by Crippen LogP contribution is 2.32. The van der Waals surface area contributed by atoms with Crippen molar-refractivity contribution in [3.05, 3.63) is 65.2 Å². The summed E-state index contributed by atoms with van der Waals surface area (Å²) >= 11 is 0. The van der Waals surface area contributed by atoms with Crippen LogP contribution in [0.1, 0.15) is 56.7 Å². The van der Waals surface area contributed by atoms with E-state index in [1.54, 1.807) is 0 Å². The predicted octanol–water partition coefficient (Wildman–Crippen LogP) is 4.41. The van der Waals surface area contributed by atoms with Crippen LogP contribution in [0, 0.1) is 6.92 Å². The van der Waals surface area contributed by atoms with Crippen molar-refractivity contribution in [2.24, 2.45) is 0 Å². The molecule has 0 saturated carbocycles. The molecule has 0 radical (unpaired) electrons. The van der Waals surface area contributed by atoms with E-state index < -0.39 is 0 Å². The number of carbonyl (C=O) groups is 2. The number of benzene rings is 2. The van der Waals surface area contributed by atoms with E-state index in [0.29, 0.717) is 19.5 Å². The van der Waals surface area contributed by atoms with Gasteiger partial charge in [-0.3, -0.25) is 9.59 Å². The summed E-state index contributed by atoms with van der Waals surface area (Å²) in [6.45, 7) is 9.84. The minimum Gasteiger partial charge on any atom is -0.483 e. The van der Waals surface area contributed by atoms with Gasteiger partial charge in [0.25, 0.3) is 5.91 Å². The molecule has 0 unspecified atom stereocenters. The first-order chi connectivity index (χ1) is 15.2. The Morgan fingerprint density at radius 2 is 1.75 bits per heavy atom. The summed E-state index contributed by atoms with van der Waals surface area (Å²) in [6, 6.07) is 16.3. The number of rotatable bonds is 7. The zero-order valence-electron chi connectivity index (χ0n) is 19.8. The fourth-order valence-corrected chi connectivity index (χ4v) is 4.06. The van der Waals surface area contributed by atoms with E-state index in [1.165, 1.54) is 11.1 Å². The van der Waals surface area contributed by atoms with Gasteiger partial charge in [-0.25, -0.2) is 0 Å². The lowest BCUT2D eigenvalue weighted by atomic mass is 9.85. The van der Waals surface area contributed by atoms with Crippen LogP contribution < -0.4 is 10.1 Å². The third-order valence-corrected chi connectivity index (χ3v) is 5.99. The number of nitrogens with zero attached hydrogens (tertiary/aromatic N) is 1. The van der Waals surface area contributed by atoms with Crippen LogP contribution in [0.5, 0.6) is 5.75 Å². The molecule has 1 saturated heterocycles. The topological polar surface area (TPSA) is 58.6 Å². The summed E-state index contributed by atoms with van der Waals surface area (Å²) in [4.78, 5) is 26.8. The maximum Gasteiger partial charge on any atom is 0.260 e. The maximum atomic E-state index is 12.7. The SMILES string of the molecule is Cc1ccc(OCC(=O)N2CCC(NC(=O)CCc3ccccc3)CC2)c(C(C)(C)C)c1. The molecule has 32 heavy (non-hydrogen) atoms. The van der Waals surface area contributed by atoms with Crippen LogP contribution in [0.2, 0.25) is 0 Å². The van der Waals surface area contributed by atoms with E-state index in [2.05, 4.69) is 39.1 Å². The molecule has 0 atom stereocenters. The molecule has 1 aliphatic heterocycles. The van der Waals surface area contributed by atoms with E-state index in [1.807, 2.05) is 47.4 Å². The van der Waals surface area contributed by atoms with Crippen molar-refractivity contribution in [3.8, 4) is 5.75 Å². The quantitative estimate of drug-likeness (QED) is 0.699. The summed E-state index contributed by atoms with van der Waals surface area (Å²) in [6.07, 6.45) is 2.79. The second kappa shape index (κ2) is 10.7. The Kier molecular flexibility index (Phi) is 7.94. The second-order valence-electron chi connectivity index (χ2n) is 9.75. The van der Waals surface area contributed by atoms with Crippen LogP contribution in [0.15, 0.2) is 48.5 Å². The van der Waals surface area contributed by atoms with Crippen LogP contribution in [-0.4, -0.2) is 42.5 Å². The minimum atomic E-state index is -0.0541. The van der Waals surface area contributed by atoms with Gasteiger partial charge in [0, 0.05) is 25.6 Å². The summed E-state index contributed by atoms with van der Waals surface area (Å²) in [5.74, 6) is 0.854. The van der Waals surface area contributed by atoms with Gasteiger partial charge < -0.3 is 15.0 Å². The third-order valence-electron chi connectivity index (χ3n) is 5.99. The number of likely N-dealkylation sites (tertiary alicyclic amines) is 1. The molecule has 2 amide bonds. The van der Waals surface area contributed by atoms with Gasteiger partial charge in [0.15, 0.2) is 6.61 Å². The highest BCUT2D eigenvalue weighted by molar-refractivity contribution is 5.78. The highest BCUT2D eigenvalue weighted by Gasteiger charge is 2.25. The summed E-state index contributed by atoms with van der Waals surface area (Å²) in [5.41, 5.74) is 3.41. The largest absolute Gasteiger partial charge is 0.483 e. The Labute approximate surface area is 192 Å². The number of piperidine rings is 1. The minimum absolute atomic E-state index is 0.000659. The Bertz CT molecular complexity index is 910. The predicted molar refractivity (Wildman–Crippen MR) is 128 cm³/mol. The molecule has 1 heterocycles. The molecule has 0 spiro atoms. The van der Waals surface area contributed by atoms with Gasteiger partial charge in [0.05, 0.1) is 0 Å². The van der Waals surface area contributed by atoms with Gasteiger partial charge in [-0.15, -0.1) is 0 Å². The molecule has 0 bridgehead atoms. The second-order valence-corrected chi connectivity index (χ2v) is 9.75. The number of aryl methyl sites for hydroxylation is 2. The number of hydrogen-bond donors (Lipinski definition) is 1. The van der Waals surface area contributed by atoms with Crippen LogP contribution in [0.3, 0.4) is 0 Å². The van der Waals surface area contributed by atoms with Crippen LogP contribution in [0.4, 0.5) is 0 Å². The van der Waals surface area contributed by atoms with E-state index in [-0.39, 0.29) is 29.9 Å². The number of amides is 2. The van der Waals surface area contributed by atoms with Crippen LogP contribution in [-0.2, 0) is 21.4 Å². The standard InChI is InChI=1S/C27H36N2O3/c1-20-10-12-24(23(18-20)27(2,3)4)32-19-26(31)29-16-14-22(15-17-29)28-25(30)13-11-21-8-6-5-7-9-21/h5-10,12,18,22H,11,13-17,19H2,1-4H3,(H,28,30). The van der Waals surface area contributed by atoms with Crippen molar-refractivity contribution in [2.45, 2.75) is 64.8 Å². The molecule has 1 aliphatic rings. The van der Waals surface area contributed by atoms with Gasteiger partial charge in [-0.2, -0.15) is 0 Å². The first-order valence-corrected chi connectivity index (χ1v) is 11.6. The maximum absolute atomic E-state index is 12.7. The Balaban J connectivity index is 1.42. The summed E-state index contributed by atoms with van der Waals surface area (Å²) < 4.78 is 5.94. The van der Waals surface area contributed by atoms with E-state index >= 15 is 0 Å². The van der Waals surface area contributed by atoms with E-state index in [9.17, 15) is 9.59 Å². The molecule has 2 aromatic rings. The number of carbonyl (C=O) groups excluding carboxylic acids is 2. The Morgan fingerprint density at radius 3 is 2.41 bits per heavy atom. The van der Waals surface area contributed by atoms with Gasteiger partial charge in [-0.1, -0.05) is 68.8 Å². The van der Waals surface area contributed by atoms with E-state index in [4.69, 9.17) is 4.74 Å². The van der Waals surface area contributed by atoms with Crippen LogP contribution >= 0.6 is 0 Å². The number of nitrogens with one attached hydrogen (secondary N) is 1. The first kappa shape index (κ1) is 23.8. The molecule has 5 heteroatoms. The highest BCUT2D eigenvalue weighted by atomic mass is 16.5. The van der Waals surface area contributed by atoms with Crippen molar-refractivity contribution in [3.63, 3.8) is 0 Å². The average Bonchev–Trinajstić information content (AvgIpc) is 2.77. The fraction of sp³-hybridized carbons (Fsp3) is 0.481. The van der Waals surface area contributed by atoms with Crippen molar-refractivity contribution >= 4 is 11.8 Å². The zero-order chi connectivity index (χ0) is 23.1. The smallest absolute Gasteiger partial charge is 0.260 e. The number of hydrogen-bond acceptors (Lipinski definition) is 3. The van der Waals surface area contributed by atoms with Gasteiger partial charge in [0.2, 0.25) is 5.91 Å². The molecule has 0 aromatic heterocycles. The van der Waals surface area contributed by atoms with Crippen molar-refractivity contribution in [2.75, 3.05) is 19.7 Å². The van der Waals surface area contributed by atoms with Crippen molar-refractivity contribution < 1.29 is 14.3 Å². The summed E-state index contributed by atoms with van der Waals surface area (Å²) in [5, 5.41) is 3.13. The first-order valence-electron chi connectivity index (χ1n) is 11.6. The molecule has 5 nitrogen and oxygen atoms in total. The fourth-order valence-electron chi connectivity index (χ4n) is 4.06. The molecule has 1 N–H and O–H groups in total.